The van der Waals surface area contributed by atoms with Gasteiger partial charge in [0.25, 0.3) is 0 Å². The minimum absolute atomic E-state index is 0.412. The molecule has 0 radical (unpaired) electrons. The van der Waals surface area contributed by atoms with Crippen molar-refractivity contribution < 1.29 is 9.63 Å². The van der Waals surface area contributed by atoms with Crippen LogP contribution in [0.15, 0.2) is 67.3 Å². The fourth-order valence-electron chi connectivity index (χ4n) is 2.44. The number of anilines is 1. The number of pyridine rings is 1. The van der Waals surface area contributed by atoms with E-state index in [0.29, 0.717) is 16.8 Å². The van der Waals surface area contributed by atoms with E-state index in [1.165, 1.54) is 6.33 Å². The fraction of sp³-hybridized carbons (Fsp3) is 0. The molecule has 116 valence electrons. The summed E-state index contributed by atoms with van der Waals surface area (Å²) in [6, 6.07) is 14.4. The number of fused-ring (bicyclic) bond motifs is 3. The number of carbonyl (C=O) groups is 1. The number of carbonyl (C=O) groups excluding carboxylic acids is 1. The molecule has 0 spiro atoms. The summed E-state index contributed by atoms with van der Waals surface area (Å²) in [5.41, 5.74) is 5.19. The van der Waals surface area contributed by atoms with Gasteiger partial charge in [-0.25, -0.2) is 20.2 Å². The molecule has 0 aliphatic carbocycles. The molecule has 0 aliphatic heterocycles. The molecule has 0 amide bonds. The number of hydrogen-bond donors (Lipinski definition) is 1. The Bertz CT molecular complexity index is 1030. The van der Waals surface area contributed by atoms with Crippen LogP contribution in [0.4, 0.5) is 5.69 Å². The van der Waals surface area contributed by atoms with Gasteiger partial charge in [0.1, 0.15) is 6.33 Å². The first-order valence-electron chi connectivity index (χ1n) is 7.32. The Morgan fingerprint density at radius 2 is 1.79 bits per heavy atom. The van der Waals surface area contributed by atoms with Crippen molar-refractivity contribution in [1.82, 2.24) is 15.0 Å². The maximum absolute atomic E-state index is 12.2. The van der Waals surface area contributed by atoms with Crippen molar-refractivity contribution in [2.45, 2.75) is 0 Å². The van der Waals surface area contributed by atoms with Gasteiger partial charge >= 0.3 is 5.97 Å². The second-order valence-electron chi connectivity index (χ2n) is 5.17. The quantitative estimate of drug-likeness (QED) is 0.461. The van der Waals surface area contributed by atoms with Crippen LogP contribution >= 0.6 is 0 Å². The van der Waals surface area contributed by atoms with Crippen molar-refractivity contribution in [2.24, 2.45) is 0 Å². The van der Waals surface area contributed by atoms with E-state index >= 15 is 0 Å². The summed E-state index contributed by atoms with van der Waals surface area (Å²) in [6.07, 6.45) is 4.88. The third-order valence-corrected chi connectivity index (χ3v) is 3.63. The average molecular weight is 316 g/mol. The molecule has 4 rings (SSSR count). The van der Waals surface area contributed by atoms with Crippen molar-refractivity contribution in [3.05, 3.63) is 72.8 Å². The lowest BCUT2D eigenvalue weighted by Crippen LogP contribution is -2.10. The monoisotopic (exact) mass is 316 g/mol. The Morgan fingerprint density at radius 1 is 0.917 bits per heavy atom. The minimum Gasteiger partial charge on any atom is -0.338 e. The molecule has 0 fully saturated rings. The largest absolute Gasteiger partial charge is 0.362 e. The molecule has 0 aliphatic rings. The van der Waals surface area contributed by atoms with Crippen molar-refractivity contribution in [2.75, 3.05) is 5.48 Å². The van der Waals surface area contributed by atoms with Crippen molar-refractivity contribution in [1.29, 1.82) is 0 Å². The predicted molar refractivity (Wildman–Crippen MR) is 90.3 cm³/mol. The van der Waals surface area contributed by atoms with Crippen LogP contribution in [0.3, 0.4) is 0 Å². The average Bonchev–Trinajstić information content (AvgIpc) is 2.66. The first kappa shape index (κ1) is 14.1. The number of nitrogens with one attached hydrogen (secondary N) is 1. The molecular weight excluding hydrogens is 304 g/mol. The van der Waals surface area contributed by atoms with Crippen molar-refractivity contribution >= 4 is 33.5 Å². The Morgan fingerprint density at radius 3 is 2.67 bits per heavy atom. The molecule has 2 aromatic heterocycles. The molecule has 6 nitrogen and oxygen atoms in total. The van der Waals surface area contributed by atoms with Gasteiger partial charge in [0, 0.05) is 17.0 Å². The lowest BCUT2D eigenvalue weighted by Gasteiger charge is -2.07. The van der Waals surface area contributed by atoms with E-state index < -0.39 is 5.97 Å². The number of aromatic nitrogens is 3. The van der Waals surface area contributed by atoms with E-state index in [2.05, 4.69) is 20.4 Å². The summed E-state index contributed by atoms with van der Waals surface area (Å²) in [6.45, 7) is 0. The molecule has 1 N–H and O–H groups in total. The maximum Gasteiger partial charge on any atom is 0.362 e. The van der Waals surface area contributed by atoms with E-state index in [1.54, 1.807) is 36.7 Å². The molecule has 0 saturated carbocycles. The highest BCUT2D eigenvalue weighted by Gasteiger charge is 2.11. The second-order valence-corrected chi connectivity index (χ2v) is 5.17. The highest BCUT2D eigenvalue weighted by atomic mass is 16.7. The van der Waals surface area contributed by atoms with Crippen LogP contribution in [0.5, 0.6) is 0 Å². The van der Waals surface area contributed by atoms with Crippen LogP contribution in [0.1, 0.15) is 10.4 Å². The van der Waals surface area contributed by atoms with E-state index in [4.69, 9.17) is 4.84 Å². The van der Waals surface area contributed by atoms with Crippen LogP contribution in [0, 0.1) is 0 Å². The van der Waals surface area contributed by atoms with Crippen LogP contribution in [-0.4, -0.2) is 20.9 Å². The number of hydrogen-bond acceptors (Lipinski definition) is 6. The van der Waals surface area contributed by atoms with E-state index in [0.717, 1.165) is 16.3 Å². The minimum atomic E-state index is -0.480. The Hall–Kier alpha value is -3.54. The summed E-state index contributed by atoms with van der Waals surface area (Å²) in [5.74, 6) is -0.480. The van der Waals surface area contributed by atoms with Crippen LogP contribution in [-0.2, 0) is 4.84 Å². The second kappa shape index (κ2) is 5.92. The molecule has 0 bridgehead atoms. The van der Waals surface area contributed by atoms with Gasteiger partial charge in [-0.2, -0.15) is 0 Å². The maximum atomic E-state index is 12.2. The molecule has 24 heavy (non-hydrogen) atoms. The number of rotatable bonds is 3. The fourth-order valence-corrected chi connectivity index (χ4v) is 2.44. The molecule has 4 aromatic rings. The number of benzene rings is 2. The van der Waals surface area contributed by atoms with Gasteiger partial charge in [-0.1, -0.05) is 24.3 Å². The van der Waals surface area contributed by atoms with Gasteiger partial charge in [-0.3, -0.25) is 4.98 Å². The van der Waals surface area contributed by atoms with Crippen molar-refractivity contribution in [3.8, 4) is 0 Å². The number of para-hydroxylation sites is 1. The molecule has 2 aromatic carbocycles. The van der Waals surface area contributed by atoms with Gasteiger partial charge in [0.15, 0.2) is 0 Å². The third kappa shape index (κ3) is 2.61. The summed E-state index contributed by atoms with van der Waals surface area (Å²) in [5, 5.41) is 1.78. The molecule has 6 heteroatoms. The predicted octanol–water partition coefficient (Wildman–Crippen LogP) is 3.36. The van der Waals surface area contributed by atoms with E-state index in [1.807, 2.05) is 24.3 Å². The Labute approximate surface area is 137 Å². The summed E-state index contributed by atoms with van der Waals surface area (Å²) in [7, 11) is 0. The standard InChI is InChI=1S/C18H12N4O2/c23-18(24-22-13-4-2-1-3-5-13)12-6-7-14-15-9-19-11-21-17(15)10-20-16(14)8-12/h1-11,22H. The molecular formula is C18H12N4O2. The molecule has 0 atom stereocenters. The number of nitrogens with zero attached hydrogens (tertiary/aromatic N) is 3. The molecule has 0 saturated heterocycles. The van der Waals surface area contributed by atoms with Crippen molar-refractivity contribution in [3.63, 3.8) is 0 Å². The SMILES string of the molecule is O=C(ONc1ccccc1)c1ccc2c(c1)ncc1ncncc12. The highest BCUT2D eigenvalue weighted by Crippen LogP contribution is 2.22. The summed E-state index contributed by atoms with van der Waals surface area (Å²) >= 11 is 0. The van der Waals surface area contributed by atoms with Gasteiger partial charge < -0.3 is 4.84 Å². The molecule has 0 unspecified atom stereocenters. The van der Waals surface area contributed by atoms with Crippen LogP contribution in [0.25, 0.3) is 21.8 Å². The van der Waals surface area contributed by atoms with E-state index in [-0.39, 0.29) is 0 Å². The summed E-state index contributed by atoms with van der Waals surface area (Å²) in [4.78, 5) is 29.9. The van der Waals surface area contributed by atoms with E-state index in [9.17, 15) is 4.79 Å². The first-order chi connectivity index (χ1) is 11.8. The van der Waals surface area contributed by atoms with Crippen LogP contribution < -0.4 is 5.48 Å². The summed E-state index contributed by atoms with van der Waals surface area (Å²) < 4.78 is 0. The van der Waals surface area contributed by atoms with Gasteiger partial charge in [0.2, 0.25) is 0 Å². The zero-order valence-electron chi connectivity index (χ0n) is 12.5. The zero-order chi connectivity index (χ0) is 16.4. The highest BCUT2D eigenvalue weighted by molar-refractivity contribution is 6.05. The molecule has 2 heterocycles. The zero-order valence-corrected chi connectivity index (χ0v) is 12.5. The lowest BCUT2D eigenvalue weighted by molar-refractivity contribution is 0.0596. The van der Waals surface area contributed by atoms with Gasteiger partial charge in [0.05, 0.1) is 28.5 Å². The van der Waals surface area contributed by atoms with Crippen LogP contribution in [0.2, 0.25) is 0 Å². The van der Waals surface area contributed by atoms with Gasteiger partial charge in [-0.05, 0) is 24.3 Å². The smallest absolute Gasteiger partial charge is 0.338 e. The lowest BCUT2D eigenvalue weighted by atomic mass is 10.1. The first-order valence-corrected chi connectivity index (χ1v) is 7.32. The van der Waals surface area contributed by atoms with Gasteiger partial charge in [-0.15, -0.1) is 0 Å². The topological polar surface area (TPSA) is 77.0 Å². The Kier molecular flexibility index (Phi) is 3.47. The third-order valence-electron chi connectivity index (χ3n) is 3.63. The Balaban J connectivity index is 1.62. The normalized spacial score (nSPS) is 10.7.